The van der Waals surface area contributed by atoms with Crippen molar-refractivity contribution in [1.82, 2.24) is 10.3 Å². The monoisotopic (exact) mass is 536 g/mol. The molecule has 1 amide bonds. The highest BCUT2D eigenvalue weighted by Crippen LogP contribution is 2.32. The van der Waals surface area contributed by atoms with Crippen LogP contribution >= 0.6 is 0 Å². The number of hydrogen-bond donors (Lipinski definition) is 1. The number of benzene rings is 3. The molecule has 4 rings (SSSR count). The molecule has 1 heterocycles. The highest BCUT2D eigenvalue weighted by atomic mass is 32.2. The Balaban J connectivity index is 1.46. The normalized spacial score (nSPS) is 14.0. The molecule has 1 aliphatic rings. The van der Waals surface area contributed by atoms with Crippen LogP contribution in [-0.4, -0.2) is 58.8 Å². The maximum absolute atomic E-state index is 13.6. The second-order valence-corrected chi connectivity index (χ2v) is 10.7. The Labute approximate surface area is 223 Å². The maximum Gasteiger partial charge on any atom is 0.264 e. The van der Waals surface area contributed by atoms with Crippen LogP contribution in [0.15, 0.2) is 88.9 Å². The third-order valence-corrected chi connectivity index (χ3v) is 8.08. The number of nitrogens with one attached hydrogen (secondary N) is 1. The molecule has 1 N–H and O–H groups in total. The van der Waals surface area contributed by atoms with Gasteiger partial charge in [-0.3, -0.25) is 14.0 Å². The number of methoxy groups -OCH3 is 2. The highest BCUT2D eigenvalue weighted by molar-refractivity contribution is 7.92. The van der Waals surface area contributed by atoms with Crippen LogP contribution in [0, 0.1) is 0 Å². The Hall–Kier alpha value is -3.89. The van der Waals surface area contributed by atoms with Crippen molar-refractivity contribution in [3.05, 3.63) is 84.4 Å². The van der Waals surface area contributed by atoms with Crippen LogP contribution in [0.2, 0.25) is 0 Å². The second kappa shape index (κ2) is 12.6. The van der Waals surface area contributed by atoms with Crippen molar-refractivity contribution in [2.45, 2.75) is 24.3 Å². The number of sulfonamides is 1. The van der Waals surface area contributed by atoms with Crippen molar-refractivity contribution < 1.29 is 22.7 Å². The van der Waals surface area contributed by atoms with E-state index in [1.807, 2.05) is 18.2 Å². The van der Waals surface area contributed by atoms with Gasteiger partial charge in [-0.25, -0.2) is 13.8 Å². The summed E-state index contributed by atoms with van der Waals surface area (Å²) in [5.74, 6) is 0.304. The third kappa shape index (κ3) is 6.70. The maximum atomic E-state index is 13.6. The van der Waals surface area contributed by atoms with Crippen molar-refractivity contribution in [2.24, 2.45) is 5.10 Å². The van der Waals surface area contributed by atoms with Gasteiger partial charge in [0.2, 0.25) is 0 Å². The molecule has 10 heteroatoms. The van der Waals surface area contributed by atoms with Gasteiger partial charge in [0, 0.05) is 38.2 Å². The fraction of sp³-hybridized carbons (Fsp3) is 0.286. The van der Waals surface area contributed by atoms with E-state index in [9.17, 15) is 13.2 Å². The van der Waals surface area contributed by atoms with Gasteiger partial charge in [0.15, 0.2) is 0 Å². The molecule has 200 valence electrons. The first-order valence-corrected chi connectivity index (χ1v) is 13.7. The number of likely N-dealkylation sites (tertiary alicyclic amines) is 1. The first-order valence-electron chi connectivity index (χ1n) is 12.3. The average molecular weight is 537 g/mol. The lowest BCUT2D eigenvalue weighted by Crippen LogP contribution is -2.40. The summed E-state index contributed by atoms with van der Waals surface area (Å²) >= 11 is 0. The average Bonchev–Trinajstić information content (AvgIpc) is 2.96. The molecule has 1 saturated heterocycles. The number of hydrazone groups is 1. The molecule has 0 spiro atoms. The minimum Gasteiger partial charge on any atom is -0.497 e. The Morgan fingerprint density at radius 3 is 2.24 bits per heavy atom. The van der Waals surface area contributed by atoms with E-state index in [0.717, 1.165) is 42.5 Å². The van der Waals surface area contributed by atoms with Gasteiger partial charge < -0.3 is 9.47 Å². The number of anilines is 1. The fourth-order valence-corrected chi connectivity index (χ4v) is 5.67. The van der Waals surface area contributed by atoms with E-state index in [2.05, 4.69) is 27.6 Å². The lowest BCUT2D eigenvalue weighted by Gasteiger charge is -2.27. The van der Waals surface area contributed by atoms with Crippen molar-refractivity contribution in [3.63, 3.8) is 0 Å². The molecular weight excluding hydrogens is 504 g/mol. The van der Waals surface area contributed by atoms with Crippen molar-refractivity contribution in [3.8, 4) is 11.5 Å². The number of para-hydroxylation sites is 2. The van der Waals surface area contributed by atoms with Crippen LogP contribution < -0.4 is 19.2 Å². The van der Waals surface area contributed by atoms with E-state index in [4.69, 9.17) is 9.47 Å². The molecule has 3 aromatic rings. The van der Waals surface area contributed by atoms with Gasteiger partial charge in [-0.1, -0.05) is 42.5 Å². The zero-order valence-electron chi connectivity index (χ0n) is 21.5. The minimum absolute atomic E-state index is 0.0223. The molecule has 1 aliphatic heterocycles. The van der Waals surface area contributed by atoms with Crippen LogP contribution in [0.1, 0.15) is 18.4 Å². The Bertz CT molecular complexity index is 1350. The molecule has 0 atom stereocenters. The molecule has 0 aliphatic carbocycles. The molecule has 3 aromatic carbocycles. The van der Waals surface area contributed by atoms with Crippen LogP contribution in [0.5, 0.6) is 11.5 Å². The standard InChI is InChI=1S/C28H32N4O5S/c1-36-24-12-14-25(15-13-24)38(34,35)32(26-10-6-7-11-27(26)37-2)21-28(33)30-29-23-16-18-31(19-17-23)20-22-8-4-3-5-9-22/h3-15H,16-21H2,1-2H3,(H,30,33). The molecule has 9 nitrogen and oxygen atoms in total. The summed E-state index contributed by atoms with van der Waals surface area (Å²) in [6, 6.07) is 23.0. The smallest absolute Gasteiger partial charge is 0.264 e. The number of amides is 1. The van der Waals surface area contributed by atoms with E-state index in [0.29, 0.717) is 11.5 Å². The number of rotatable bonds is 10. The van der Waals surface area contributed by atoms with Crippen LogP contribution in [0.3, 0.4) is 0 Å². The van der Waals surface area contributed by atoms with E-state index in [-0.39, 0.29) is 10.6 Å². The van der Waals surface area contributed by atoms with Crippen molar-refractivity contribution in [1.29, 1.82) is 0 Å². The Morgan fingerprint density at radius 1 is 0.921 bits per heavy atom. The van der Waals surface area contributed by atoms with Gasteiger partial charge in [0.05, 0.1) is 24.8 Å². The molecule has 0 unspecified atom stereocenters. The summed E-state index contributed by atoms with van der Waals surface area (Å²) in [6.45, 7) is 2.08. The molecule has 1 fully saturated rings. The predicted molar refractivity (Wildman–Crippen MR) is 147 cm³/mol. The molecule has 0 bridgehead atoms. The van der Waals surface area contributed by atoms with Gasteiger partial charge in [-0.05, 0) is 42.0 Å². The molecular formula is C28H32N4O5S. The van der Waals surface area contributed by atoms with Gasteiger partial charge in [-0.2, -0.15) is 5.10 Å². The lowest BCUT2D eigenvalue weighted by molar-refractivity contribution is -0.119. The lowest BCUT2D eigenvalue weighted by atomic mass is 10.1. The Morgan fingerprint density at radius 2 is 1.58 bits per heavy atom. The van der Waals surface area contributed by atoms with E-state index < -0.39 is 22.5 Å². The van der Waals surface area contributed by atoms with Crippen LogP contribution in [0.4, 0.5) is 5.69 Å². The van der Waals surface area contributed by atoms with E-state index >= 15 is 0 Å². The number of hydrogen-bond acceptors (Lipinski definition) is 7. The van der Waals surface area contributed by atoms with Gasteiger partial charge in [-0.15, -0.1) is 0 Å². The number of nitrogens with zero attached hydrogens (tertiary/aromatic N) is 3. The quantitative estimate of drug-likeness (QED) is 0.397. The summed E-state index contributed by atoms with van der Waals surface area (Å²) in [4.78, 5) is 15.3. The Kier molecular flexibility index (Phi) is 8.98. The minimum atomic E-state index is -4.11. The number of ether oxygens (including phenoxy) is 2. The van der Waals surface area contributed by atoms with Gasteiger partial charge in [0.1, 0.15) is 18.0 Å². The SMILES string of the molecule is COc1ccc(S(=O)(=O)N(CC(=O)NN=C2CCN(Cc3ccccc3)CC2)c2ccccc2OC)cc1. The molecule has 38 heavy (non-hydrogen) atoms. The molecule has 0 radical (unpaired) electrons. The summed E-state index contributed by atoms with van der Waals surface area (Å²) in [7, 11) is -1.15. The summed E-state index contributed by atoms with van der Waals surface area (Å²) in [5, 5.41) is 4.31. The van der Waals surface area contributed by atoms with Crippen LogP contribution in [-0.2, 0) is 21.4 Å². The molecule has 0 aromatic heterocycles. The number of carbonyl (C=O) groups excluding carboxylic acids is 1. The first kappa shape index (κ1) is 27.2. The van der Waals surface area contributed by atoms with Crippen LogP contribution in [0.25, 0.3) is 0 Å². The van der Waals surface area contributed by atoms with E-state index in [1.54, 1.807) is 36.4 Å². The number of piperidine rings is 1. The number of carbonyl (C=O) groups is 1. The van der Waals surface area contributed by atoms with Gasteiger partial charge >= 0.3 is 0 Å². The highest BCUT2D eigenvalue weighted by Gasteiger charge is 2.29. The van der Waals surface area contributed by atoms with E-state index in [1.165, 1.54) is 31.9 Å². The third-order valence-electron chi connectivity index (χ3n) is 6.31. The predicted octanol–water partition coefficient (Wildman–Crippen LogP) is 3.67. The fourth-order valence-electron chi connectivity index (χ4n) is 4.24. The summed E-state index contributed by atoms with van der Waals surface area (Å²) < 4.78 is 38.8. The van der Waals surface area contributed by atoms with Crippen molar-refractivity contribution in [2.75, 3.05) is 38.2 Å². The van der Waals surface area contributed by atoms with Crippen molar-refractivity contribution >= 4 is 27.3 Å². The summed E-state index contributed by atoms with van der Waals surface area (Å²) in [6.07, 6.45) is 1.46. The molecule has 0 saturated carbocycles. The van der Waals surface area contributed by atoms with Gasteiger partial charge in [0.25, 0.3) is 15.9 Å². The summed E-state index contributed by atoms with van der Waals surface area (Å²) in [5.41, 5.74) is 4.95. The largest absolute Gasteiger partial charge is 0.497 e. The zero-order chi connectivity index (χ0) is 27.0. The first-order chi connectivity index (χ1) is 18.4. The topological polar surface area (TPSA) is 101 Å². The second-order valence-electron chi connectivity index (χ2n) is 8.83. The zero-order valence-corrected chi connectivity index (χ0v) is 22.4.